The Morgan fingerprint density at radius 3 is 2.52 bits per heavy atom. The minimum atomic E-state index is 0.784. The van der Waals surface area contributed by atoms with Gasteiger partial charge in [-0.05, 0) is 63.5 Å². The van der Waals surface area contributed by atoms with E-state index in [2.05, 4.69) is 29.4 Å². The molecule has 1 fully saturated rings. The van der Waals surface area contributed by atoms with Crippen LogP contribution in [-0.2, 0) is 6.42 Å². The third-order valence-corrected chi connectivity index (χ3v) is 4.73. The maximum atomic E-state index is 5.36. The van der Waals surface area contributed by atoms with Gasteiger partial charge in [-0.25, -0.2) is 0 Å². The summed E-state index contributed by atoms with van der Waals surface area (Å²) in [4.78, 5) is 2.41. The second-order valence-corrected chi connectivity index (χ2v) is 6.53. The molecule has 1 aliphatic rings. The molecule has 0 heterocycles. The molecule has 1 aromatic rings. The van der Waals surface area contributed by atoms with Gasteiger partial charge in [0.1, 0.15) is 0 Å². The lowest BCUT2D eigenvalue weighted by molar-refractivity contribution is 0.326. The molecule has 1 saturated carbocycles. The van der Waals surface area contributed by atoms with Gasteiger partial charge in [0.25, 0.3) is 0 Å². The highest BCUT2D eigenvalue weighted by Crippen LogP contribution is 2.27. The number of rotatable bonds is 10. The Kier molecular flexibility index (Phi) is 7.69. The van der Waals surface area contributed by atoms with Gasteiger partial charge in [0, 0.05) is 12.6 Å². The van der Waals surface area contributed by atoms with E-state index in [1.807, 2.05) is 6.07 Å². The van der Waals surface area contributed by atoms with Crippen molar-refractivity contribution >= 4 is 0 Å². The van der Waals surface area contributed by atoms with Crippen molar-refractivity contribution in [2.45, 2.75) is 44.6 Å². The molecule has 4 nitrogen and oxygen atoms in total. The lowest BCUT2D eigenvalue weighted by atomic mass is 10.1. The summed E-state index contributed by atoms with van der Waals surface area (Å²) in [5.41, 5.74) is 1.29. The van der Waals surface area contributed by atoms with Gasteiger partial charge >= 0.3 is 0 Å². The van der Waals surface area contributed by atoms with Gasteiger partial charge in [-0.3, -0.25) is 0 Å². The molecular formula is C19H32N2O2. The van der Waals surface area contributed by atoms with E-state index in [1.165, 1.54) is 37.7 Å². The Labute approximate surface area is 141 Å². The number of likely N-dealkylation sites (N-methyl/N-ethyl adjacent to an activating group) is 1. The standard InChI is InChI=1S/C19H32N2O2/c1-21(13-6-12-20-17-7-4-5-8-17)14-11-16-9-10-18(22-2)19(15-16)23-3/h9-10,15,17,20H,4-8,11-14H2,1-3H3. The summed E-state index contributed by atoms with van der Waals surface area (Å²) in [6.07, 6.45) is 7.81. The van der Waals surface area contributed by atoms with E-state index in [0.717, 1.165) is 43.6 Å². The van der Waals surface area contributed by atoms with Crippen LogP contribution in [0.15, 0.2) is 18.2 Å². The van der Waals surface area contributed by atoms with Crippen molar-refractivity contribution in [3.63, 3.8) is 0 Å². The lowest BCUT2D eigenvalue weighted by Gasteiger charge is -2.18. The Balaban J connectivity index is 1.64. The van der Waals surface area contributed by atoms with Gasteiger partial charge in [0.15, 0.2) is 11.5 Å². The highest BCUT2D eigenvalue weighted by molar-refractivity contribution is 5.42. The van der Waals surface area contributed by atoms with Crippen molar-refractivity contribution in [1.82, 2.24) is 10.2 Å². The largest absolute Gasteiger partial charge is 0.493 e. The minimum Gasteiger partial charge on any atom is -0.493 e. The first-order valence-electron chi connectivity index (χ1n) is 8.85. The molecule has 1 N–H and O–H groups in total. The van der Waals surface area contributed by atoms with Gasteiger partial charge < -0.3 is 19.7 Å². The quantitative estimate of drug-likeness (QED) is 0.672. The summed E-state index contributed by atoms with van der Waals surface area (Å²) in [5.74, 6) is 1.61. The number of hydrogen-bond donors (Lipinski definition) is 1. The SMILES string of the molecule is COc1ccc(CCN(C)CCCNC2CCCC2)cc1OC. The van der Waals surface area contributed by atoms with Gasteiger partial charge in [-0.1, -0.05) is 18.9 Å². The molecule has 130 valence electrons. The van der Waals surface area contributed by atoms with Crippen LogP contribution in [-0.4, -0.2) is 51.8 Å². The maximum absolute atomic E-state index is 5.36. The van der Waals surface area contributed by atoms with Crippen LogP contribution in [0.4, 0.5) is 0 Å². The van der Waals surface area contributed by atoms with Crippen molar-refractivity contribution in [2.24, 2.45) is 0 Å². The fourth-order valence-electron chi connectivity index (χ4n) is 3.25. The predicted molar refractivity (Wildman–Crippen MR) is 95.6 cm³/mol. The second-order valence-electron chi connectivity index (χ2n) is 6.53. The van der Waals surface area contributed by atoms with Gasteiger partial charge in [-0.15, -0.1) is 0 Å². The van der Waals surface area contributed by atoms with Crippen LogP contribution in [0.3, 0.4) is 0 Å². The van der Waals surface area contributed by atoms with Crippen molar-refractivity contribution in [3.05, 3.63) is 23.8 Å². The van der Waals surface area contributed by atoms with E-state index in [0.29, 0.717) is 0 Å². The normalized spacial score (nSPS) is 15.3. The van der Waals surface area contributed by atoms with Gasteiger partial charge in [-0.2, -0.15) is 0 Å². The zero-order valence-corrected chi connectivity index (χ0v) is 14.9. The summed E-state index contributed by atoms with van der Waals surface area (Å²) in [6.45, 7) is 3.36. The van der Waals surface area contributed by atoms with E-state index in [-0.39, 0.29) is 0 Å². The molecule has 4 heteroatoms. The smallest absolute Gasteiger partial charge is 0.160 e. The molecule has 0 radical (unpaired) electrons. The maximum Gasteiger partial charge on any atom is 0.160 e. The van der Waals surface area contributed by atoms with E-state index in [9.17, 15) is 0 Å². The Bertz CT molecular complexity index is 459. The number of hydrogen-bond acceptors (Lipinski definition) is 4. The fourth-order valence-corrected chi connectivity index (χ4v) is 3.25. The molecule has 0 spiro atoms. The van der Waals surface area contributed by atoms with Crippen LogP contribution in [0.5, 0.6) is 11.5 Å². The van der Waals surface area contributed by atoms with Crippen LogP contribution < -0.4 is 14.8 Å². The zero-order chi connectivity index (χ0) is 16.5. The summed E-state index contributed by atoms with van der Waals surface area (Å²) in [7, 11) is 5.56. The third-order valence-electron chi connectivity index (χ3n) is 4.73. The van der Waals surface area contributed by atoms with Crippen LogP contribution in [0.25, 0.3) is 0 Å². The molecule has 0 bridgehead atoms. The van der Waals surface area contributed by atoms with Crippen molar-refractivity contribution in [3.8, 4) is 11.5 Å². The summed E-state index contributed by atoms with van der Waals surface area (Å²) >= 11 is 0. The van der Waals surface area contributed by atoms with E-state index >= 15 is 0 Å². The Hall–Kier alpha value is -1.26. The number of benzene rings is 1. The number of ether oxygens (including phenoxy) is 2. The molecule has 1 aromatic carbocycles. The Morgan fingerprint density at radius 1 is 1.09 bits per heavy atom. The lowest BCUT2D eigenvalue weighted by Crippen LogP contribution is -2.30. The molecule has 0 aliphatic heterocycles. The minimum absolute atomic E-state index is 0.784. The van der Waals surface area contributed by atoms with E-state index in [4.69, 9.17) is 9.47 Å². The van der Waals surface area contributed by atoms with Gasteiger partial charge in [0.05, 0.1) is 14.2 Å². The van der Waals surface area contributed by atoms with E-state index < -0.39 is 0 Å². The van der Waals surface area contributed by atoms with Crippen molar-refractivity contribution in [1.29, 1.82) is 0 Å². The first-order valence-corrected chi connectivity index (χ1v) is 8.85. The van der Waals surface area contributed by atoms with Crippen LogP contribution >= 0.6 is 0 Å². The molecule has 0 aromatic heterocycles. The first kappa shape index (κ1) is 18.1. The molecule has 0 saturated heterocycles. The predicted octanol–water partition coefficient (Wildman–Crippen LogP) is 3.10. The molecule has 23 heavy (non-hydrogen) atoms. The topological polar surface area (TPSA) is 33.7 Å². The average Bonchev–Trinajstić information content (AvgIpc) is 3.10. The van der Waals surface area contributed by atoms with Crippen molar-refractivity contribution in [2.75, 3.05) is 40.9 Å². The Morgan fingerprint density at radius 2 is 1.83 bits per heavy atom. The second kappa shape index (κ2) is 9.78. The number of nitrogens with zero attached hydrogens (tertiary/aromatic N) is 1. The molecule has 0 unspecified atom stereocenters. The number of nitrogens with one attached hydrogen (secondary N) is 1. The van der Waals surface area contributed by atoms with Crippen molar-refractivity contribution < 1.29 is 9.47 Å². The molecule has 0 amide bonds. The van der Waals surface area contributed by atoms with Gasteiger partial charge in [0.2, 0.25) is 0 Å². The molecule has 0 atom stereocenters. The fraction of sp³-hybridized carbons (Fsp3) is 0.684. The highest BCUT2D eigenvalue weighted by Gasteiger charge is 2.13. The summed E-state index contributed by atoms with van der Waals surface area (Å²) < 4.78 is 10.6. The van der Waals surface area contributed by atoms with E-state index in [1.54, 1.807) is 14.2 Å². The summed E-state index contributed by atoms with van der Waals surface area (Å²) in [6, 6.07) is 6.97. The van der Waals surface area contributed by atoms with Crippen LogP contribution in [0.2, 0.25) is 0 Å². The average molecular weight is 320 g/mol. The highest BCUT2D eigenvalue weighted by atomic mass is 16.5. The summed E-state index contributed by atoms with van der Waals surface area (Å²) in [5, 5.41) is 3.68. The molecule has 1 aliphatic carbocycles. The molecule has 2 rings (SSSR count). The molecular weight excluding hydrogens is 288 g/mol. The van der Waals surface area contributed by atoms with Crippen LogP contribution in [0.1, 0.15) is 37.7 Å². The van der Waals surface area contributed by atoms with Crippen LogP contribution in [0, 0.1) is 0 Å². The number of methoxy groups -OCH3 is 2. The zero-order valence-electron chi connectivity index (χ0n) is 14.9. The first-order chi connectivity index (χ1) is 11.2. The third kappa shape index (κ3) is 6.04. The monoisotopic (exact) mass is 320 g/mol.